The molecule has 0 radical (unpaired) electrons. The summed E-state index contributed by atoms with van der Waals surface area (Å²) in [5.41, 5.74) is 7.29. The molecular weight excluding hydrogens is 440 g/mol. The maximum absolute atomic E-state index is 12.8. The number of anilines is 2. The summed E-state index contributed by atoms with van der Waals surface area (Å²) in [6.07, 6.45) is 0.133. The maximum atomic E-state index is 12.8. The van der Waals surface area contributed by atoms with E-state index in [9.17, 15) is 14.4 Å². The van der Waals surface area contributed by atoms with Gasteiger partial charge in [0.05, 0.1) is 5.92 Å². The molecule has 3 amide bonds. The fraction of sp³-hybridized carbons (Fsp3) is 0.240. The Morgan fingerprint density at radius 1 is 0.970 bits per heavy atom. The van der Waals surface area contributed by atoms with Gasteiger partial charge in [-0.25, -0.2) is 0 Å². The second-order valence-corrected chi connectivity index (χ2v) is 8.66. The Morgan fingerprint density at radius 2 is 1.64 bits per heavy atom. The predicted octanol–water partition coefficient (Wildman–Crippen LogP) is 4.44. The molecule has 1 aliphatic heterocycles. The molecule has 0 saturated carbocycles. The standard InChI is InChI=1S/C25H25ClN4O3/c1-15-7-8-16(2)30(15)28-25(33)18-9-11-20(12-10-18)27-24(32)19-13-23(31)29(14-19)22-6-4-5-21(26)17(22)3/h4-12,19H,13-14H2,1-3H3,(H,27,32)(H,28,33)/t19-/m0/s1. The maximum Gasteiger partial charge on any atom is 0.270 e. The number of benzene rings is 2. The second kappa shape index (κ2) is 9.11. The first-order chi connectivity index (χ1) is 15.7. The van der Waals surface area contributed by atoms with Crippen LogP contribution in [-0.4, -0.2) is 28.9 Å². The second-order valence-electron chi connectivity index (χ2n) is 8.25. The van der Waals surface area contributed by atoms with E-state index in [4.69, 9.17) is 11.6 Å². The number of nitrogens with one attached hydrogen (secondary N) is 2. The Labute approximate surface area is 197 Å². The SMILES string of the molecule is Cc1c(Cl)cccc1N1C[C@@H](C(=O)Nc2ccc(C(=O)Nn3c(C)ccc3C)cc2)CC1=O. The van der Waals surface area contributed by atoms with Gasteiger partial charge < -0.3 is 10.2 Å². The molecule has 0 spiro atoms. The van der Waals surface area contributed by atoms with Gasteiger partial charge in [-0.05, 0) is 74.9 Å². The first kappa shape index (κ1) is 22.6. The molecule has 1 aromatic heterocycles. The van der Waals surface area contributed by atoms with Crippen molar-refractivity contribution in [3.63, 3.8) is 0 Å². The van der Waals surface area contributed by atoms with Crippen molar-refractivity contribution in [2.45, 2.75) is 27.2 Å². The van der Waals surface area contributed by atoms with E-state index in [0.717, 1.165) is 22.6 Å². The topological polar surface area (TPSA) is 83.4 Å². The van der Waals surface area contributed by atoms with Gasteiger partial charge in [-0.2, -0.15) is 0 Å². The average molecular weight is 465 g/mol. The number of carbonyl (C=O) groups excluding carboxylic acids is 3. The minimum Gasteiger partial charge on any atom is -0.326 e. The predicted molar refractivity (Wildman–Crippen MR) is 129 cm³/mol. The normalized spacial score (nSPS) is 15.6. The van der Waals surface area contributed by atoms with Crippen LogP contribution < -0.4 is 15.6 Å². The number of nitrogens with zero attached hydrogens (tertiary/aromatic N) is 2. The monoisotopic (exact) mass is 464 g/mol. The smallest absolute Gasteiger partial charge is 0.270 e. The van der Waals surface area contributed by atoms with Crippen LogP contribution in [0.15, 0.2) is 54.6 Å². The molecule has 1 saturated heterocycles. The third-order valence-corrected chi connectivity index (χ3v) is 6.33. The highest BCUT2D eigenvalue weighted by molar-refractivity contribution is 6.31. The van der Waals surface area contributed by atoms with Crippen LogP contribution >= 0.6 is 11.6 Å². The van der Waals surface area contributed by atoms with Crippen molar-refractivity contribution < 1.29 is 14.4 Å². The molecule has 33 heavy (non-hydrogen) atoms. The van der Waals surface area contributed by atoms with E-state index in [1.165, 1.54) is 0 Å². The molecule has 1 fully saturated rings. The van der Waals surface area contributed by atoms with Crippen molar-refractivity contribution in [3.05, 3.63) is 82.1 Å². The average Bonchev–Trinajstić information content (AvgIpc) is 3.33. The Balaban J connectivity index is 1.39. The quantitative estimate of drug-likeness (QED) is 0.585. The number of aryl methyl sites for hydroxylation is 2. The highest BCUT2D eigenvalue weighted by Crippen LogP contribution is 2.31. The Hall–Kier alpha value is -3.58. The van der Waals surface area contributed by atoms with Crippen LogP contribution in [0.4, 0.5) is 11.4 Å². The number of hydrogen-bond acceptors (Lipinski definition) is 3. The lowest BCUT2D eigenvalue weighted by Gasteiger charge is -2.19. The highest BCUT2D eigenvalue weighted by Gasteiger charge is 2.35. The third-order valence-electron chi connectivity index (χ3n) is 5.92. The van der Waals surface area contributed by atoms with Crippen LogP contribution in [0.5, 0.6) is 0 Å². The lowest BCUT2D eigenvalue weighted by atomic mass is 10.1. The molecule has 8 heteroatoms. The molecule has 170 valence electrons. The van der Waals surface area contributed by atoms with E-state index in [2.05, 4.69) is 10.7 Å². The lowest BCUT2D eigenvalue weighted by Crippen LogP contribution is -2.28. The molecule has 1 atom stereocenters. The molecule has 2 aromatic carbocycles. The molecule has 0 bridgehead atoms. The molecule has 4 rings (SSSR count). The summed E-state index contributed by atoms with van der Waals surface area (Å²) in [5.74, 6) is -1.06. The molecule has 0 unspecified atom stereocenters. The van der Waals surface area contributed by atoms with Gasteiger partial charge in [-0.3, -0.25) is 24.5 Å². The largest absolute Gasteiger partial charge is 0.326 e. The molecular formula is C25H25ClN4O3. The zero-order valence-electron chi connectivity index (χ0n) is 18.7. The number of amides is 3. The first-order valence-electron chi connectivity index (χ1n) is 10.7. The van der Waals surface area contributed by atoms with E-state index < -0.39 is 5.92 Å². The van der Waals surface area contributed by atoms with Crippen LogP contribution in [0.3, 0.4) is 0 Å². The van der Waals surface area contributed by atoms with Crippen LogP contribution in [0.2, 0.25) is 5.02 Å². The molecule has 7 nitrogen and oxygen atoms in total. The van der Waals surface area contributed by atoms with Gasteiger partial charge in [0.1, 0.15) is 0 Å². The van der Waals surface area contributed by atoms with E-state index in [0.29, 0.717) is 22.8 Å². The third kappa shape index (κ3) is 4.64. The number of rotatable bonds is 5. The number of carbonyl (C=O) groups is 3. The van der Waals surface area contributed by atoms with Crippen LogP contribution in [0, 0.1) is 26.7 Å². The first-order valence-corrected chi connectivity index (χ1v) is 11.0. The summed E-state index contributed by atoms with van der Waals surface area (Å²) in [5, 5.41) is 3.43. The Kier molecular flexibility index (Phi) is 6.24. The van der Waals surface area contributed by atoms with Gasteiger partial charge in [-0.1, -0.05) is 17.7 Å². The van der Waals surface area contributed by atoms with Crippen molar-refractivity contribution in [2.75, 3.05) is 22.2 Å². The van der Waals surface area contributed by atoms with Gasteiger partial charge in [0.25, 0.3) is 5.91 Å². The van der Waals surface area contributed by atoms with E-state index >= 15 is 0 Å². The van der Waals surface area contributed by atoms with Crippen molar-refractivity contribution >= 4 is 40.7 Å². The van der Waals surface area contributed by atoms with Crippen LogP contribution in [0.25, 0.3) is 0 Å². The summed E-state index contributed by atoms with van der Waals surface area (Å²) < 4.78 is 1.72. The van der Waals surface area contributed by atoms with Gasteiger partial charge in [0.15, 0.2) is 0 Å². The van der Waals surface area contributed by atoms with Gasteiger partial charge >= 0.3 is 0 Å². The van der Waals surface area contributed by atoms with E-state index in [1.54, 1.807) is 46.0 Å². The summed E-state index contributed by atoms with van der Waals surface area (Å²) in [4.78, 5) is 39.5. The van der Waals surface area contributed by atoms with Crippen molar-refractivity contribution in [1.29, 1.82) is 0 Å². The molecule has 3 aromatic rings. The van der Waals surface area contributed by atoms with Gasteiger partial charge in [0, 0.05) is 46.3 Å². The number of aromatic nitrogens is 1. The summed E-state index contributed by atoms with van der Waals surface area (Å²) >= 11 is 6.19. The van der Waals surface area contributed by atoms with Crippen molar-refractivity contribution in [2.24, 2.45) is 5.92 Å². The molecule has 2 N–H and O–H groups in total. The van der Waals surface area contributed by atoms with E-state index in [-0.39, 0.29) is 24.1 Å². The van der Waals surface area contributed by atoms with Gasteiger partial charge in [-0.15, -0.1) is 0 Å². The fourth-order valence-corrected chi connectivity index (χ4v) is 4.13. The Bertz CT molecular complexity index is 1210. The van der Waals surface area contributed by atoms with Crippen LogP contribution in [-0.2, 0) is 9.59 Å². The number of halogens is 1. The highest BCUT2D eigenvalue weighted by atomic mass is 35.5. The molecule has 2 heterocycles. The van der Waals surface area contributed by atoms with E-state index in [1.807, 2.05) is 39.0 Å². The summed E-state index contributed by atoms with van der Waals surface area (Å²) in [6.45, 7) is 5.97. The van der Waals surface area contributed by atoms with Crippen molar-refractivity contribution in [1.82, 2.24) is 4.68 Å². The zero-order chi connectivity index (χ0) is 23.7. The molecule has 1 aliphatic rings. The summed E-state index contributed by atoms with van der Waals surface area (Å²) in [7, 11) is 0. The number of hydrogen-bond donors (Lipinski definition) is 2. The minimum absolute atomic E-state index is 0.108. The summed E-state index contributed by atoms with van der Waals surface area (Å²) in [6, 6.07) is 15.9. The fourth-order valence-electron chi connectivity index (χ4n) is 3.96. The van der Waals surface area contributed by atoms with Crippen molar-refractivity contribution in [3.8, 4) is 0 Å². The lowest BCUT2D eigenvalue weighted by molar-refractivity contribution is -0.122. The minimum atomic E-state index is -0.474. The Morgan fingerprint density at radius 3 is 2.30 bits per heavy atom. The van der Waals surface area contributed by atoms with Gasteiger partial charge in [0.2, 0.25) is 11.8 Å². The van der Waals surface area contributed by atoms with Crippen LogP contribution in [0.1, 0.15) is 33.7 Å². The molecule has 0 aliphatic carbocycles. The zero-order valence-corrected chi connectivity index (χ0v) is 19.4.